The SMILES string of the molecule is CCCNC(=O)C(C)N(Cc1ccccc1F)C(=O)CN(c1ccccc1F)S(=O)(=O)c1ccccc1. The second-order valence-electron chi connectivity index (χ2n) is 8.36. The molecule has 0 bridgehead atoms. The number of anilines is 1. The van der Waals surface area contributed by atoms with Crippen molar-refractivity contribution in [2.45, 2.75) is 37.8 Å². The van der Waals surface area contributed by atoms with Crippen molar-refractivity contribution in [2.75, 3.05) is 17.4 Å². The monoisotopic (exact) mass is 529 g/mol. The lowest BCUT2D eigenvalue weighted by molar-refractivity contribution is -0.139. The smallest absolute Gasteiger partial charge is 0.264 e. The number of benzene rings is 3. The Hall–Kier alpha value is -3.79. The summed E-state index contributed by atoms with van der Waals surface area (Å²) in [6, 6.07) is 17.3. The number of halogens is 2. The van der Waals surface area contributed by atoms with E-state index in [1.165, 1.54) is 67.6 Å². The van der Waals surface area contributed by atoms with Crippen molar-refractivity contribution in [3.05, 3.63) is 96.1 Å². The zero-order valence-corrected chi connectivity index (χ0v) is 21.4. The number of hydrogen-bond donors (Lipinski definition) is 1. The largest absolute Gasteiger partial charge is 0.354 e. The average Bonchev–Trinajstić information content (AvgIpc) is 2.90. The third kappa shape index (κ3) is 6.71. The molecular weight excluding hydrogens is 500 g/mol. The Kier molecular flexibility index (Phi) is 9.35. The summed E-state index contributed by atoms with van der Waals surface area (Å²) in [6.45, 7) is 2.62. The molecule has 3 aromatic carbocycles. The van der Waals surface area contributed by atoms with Crippen LogP contribution in [-0.4, -0.2) is 44.3 Å². The van der Waals surface area contributed by atoms with Crippen molar-refractivity contribution in [1.29, 1.82) is 0 Å². The van der Waals surface area contributed by atoms with E-state index >= 15 is 0 Å². The Bertz CT molecular complexity index is 1340. The molecule has 0 saturated heterocycles. The molecule has 0 aliphatic heterocycles. The maximum absolute atomic E-state index is 14.8. The van der Waals surface area contributed by atoms with Crippen molar-refractivity contribution in [1.82, 2.24) is 10.2 Å². The van der Waals surface area contributed by atoms with Gasteiger partial charge in [-0.15, -0.1) is 0 Å². The summed E-state index contributed by atoms with van der Waals surface area (Å²) < 4.78 is 57.1. The highest BCUT2D eigenvalue weighted by Crippen LogP contribution is 2.27. The second kappa shape index (κ2) is 12.4. The van der Waals surface area contributed by atoms with E-state index in [9.17, 15) is 26.8 Å². The predicted octanol–water partition coefficient (Wildman–Crippen LogP) is 4.10. The Labute approximate surface area is 215 Å². The minimum atomic E-state index is -4.38. The van der Waals surface area contributed by atoms with Crippen LogP contribution in [0.2, 0.25) is 0 Å². The first-order chi connectivity index (χ1) is 17.7. The molecule has 0 fully saturated rings. The number of amides is 2. The van der Waals surface area contributed by atoms with E-state index in [-0.39, 0.29) is 22.7 Å². The van der Waals surface area contributed by atoms with E-state index in [4.69, 9.17) is 0 Å². The molecule has 0 spiro atoms. The highest BCUT2D eigenvalue weighted by Gasteiger charge is 2.33. The second-order valence-corrected chi connectivity index (χ2v) is 10.2. The molecule has 0 saturated carbocycles. The molecule has 0 radical (unpaired) electrons. The lowest BCUT2D eigenvalue weighted by atomic mass is 10.1. The van der Waals surface area contributed by atoms with Gasteiger partial charge in [-0.2, -0.15) is 0 Å². The molecule has 7 nitrogen and oxygen atoms in total. The van der Waals surface area contributed by atoms with Gasteiger partial charge in [0.15, 0.2) is 0 Å². The quantitative estimate of drug-likeness (QED) is 0.405. The zero-order valence-electron chi connectivity index (χ0n) is 20.6. The van der Waals surface area contributed by atoms with E-state index in [1.807, 2.05) is 6.92 Å². The molecule has 3 aromatic rings. The predicted molar refractivity (Wildman–Crippen MR) is 137 cm³/mol. The first-order valence-electron chi connectivity index (χ1n) is 11.8. The van der Waals surface area contributed by atoms with Gasteiger partial charge in [-0.25, -0.2) is 17.2 Å². The summed E-state index contributed by atoms with van der Waals surface area (Å²) in [4.78, 5) is 27.4. The molecule has 1 unspecified atom stereocenters. The van der Waals surface area contributed by atoms with Crippen LogP contribution in [-0.2, 0) is 26.2 Å². The number of para-hydroxylation sites is 1. The van der Waals surface area contributed by atoms with Gasteiger partial charge in [0.25, 0.3) is 10.0 Å². The highest BCUT2D eigenvalue weighted by molar-refractivity contribution is 7.92. The standard InChI is InChI=1S/C27H29F2N3O4S/c1-3-17-30-27(34)20(2)31(18-21-11-7-8-14-23(21)28)26(33)19-32(25-16-10-9-15-24(25)29)37(35,36)22-12-5-4-6-13-22/h4-16,20H,3,17-19H2,1-2H3,(H,30,34). The van der Waals surface area contributed by atoms with Gasteiger partial charge >= 0.3 is 0 Å². The van der Waals surface area contributed by atoms with Crippen LogP contribution < -0.4 is 9.62 Å². The van der Waals surface area contributed by atoms with E-state index < -0.39 is 46.1 Å². The Morgan fingerprint density at radius 3 is 2.11 bits per heavy atom. The molecule has 0 heterocycles. The fourth-order valence-electron chi connectivity index (χ4n) is 3.68. The minimum absolute atomic E-state index is 0.138. The van der Waals surface area contributed by atoms with Gasteiger partial charge in [-0.05, 0) is 43.7 Å². The van der Waals surface area contributed by atoms with Crippen molar-refractivity contribution in [2.24, 2.45) is 0 Å². The first-order valence-corrected chi connectivity index (χ1v) is 13.2. The topological polar surface area (TPSA) is 86.8 Å². The Morgan fingerprint density at radius 2 is 1.49 bits per heavy atom. The molecule has 0 aliphatic rings. The molecule has 37 heavy (non-hydrogen) atoms. The van der Waals surface area contributed by atoms with Crippen LogP contribution in [0, 0.1) is 11.6 Å². The summed E-state index contributed by atoms with van der Waals surface area (Å²) >= 11 is 0. The van der Waals surface area contributed by atoms with Gasteiger partial charge in [-0.3, -0.25) is 13.9 Å². The highest BCUT2D eigenvalue weighted by atomic mass is 32.2. The summed E-state index contributed by atoms with van der Waals surface area (Å²) in [5.74, 6) is -2.70. The summed E-state index contributed by atoms with van der Waals surface area (Å²) in [5.41, 5.74) is -0.178. The van der Waals surface area contributed by atoms with Crippen molar-refractivity contribution in [3.63, 3.8) is 0 Å². The maximum atomic E-state index is 14.8. The van der Waals surface area contributed by atoms with Gasteiger partial charge in [0, 0.05) is 18.7 Å². The van der Waals surface area contributed by atoms with Crippen LogP contribution in [0.1, 0.15) is 25.8 Å². The van der Waals surface area contributed by atoms with Crippen molar-refractivity contribution in [3.8, 4) is 0 Å². The van der Waals surface area contributed by atoms with Gasteiger partial charge in [0.1, 0.15) is 24.2 Å². The molecule has 10 heteroatoms. The van der Waals surface area contributed by atoms with E-state index in [1.54, 1.807) is 12.1 Å². The van der Waals surface area contributed by atoms with Crippen LogP contribution in [0.5, 0.6) is 0 Å². The zero-order chi connectivity index (χ0) is 27.0. The van der Waals surface area contributed by atoms with Crippen LogP contribution in [0.3, 0.4) is 0 Å². The third-order valence-electron chi connectivity index (χ3n) is 5.75. The number of carbonyl (C=O) groups excluding carboxylic acids is 2. The Balaban J connectivity index is 2.03. The van der Waals surface area contributed by atoms with Crippen LogP contribution in [0.4, 0.5) is 14.5 Å². The summed E-state index contributed by atoms with van der Waals surface area (Å²) in [6.07, 6.45) is 0.663. The molecule has 1 atom stereocenters. The molecule has 1 N–H and O–H groups in total. The number of nitrogens with zero attached hydrogens (tertiary/aromatic N) is 2. The number of rotatable bonds is 11. The fraction of sp³-hybridized carbons (Fsp3) is 0.259. The molecule has 0 aliphatic carbocycles. The maximum Gasteiger partial charge on any atom is 0.264 e. The van der Waals surface area contributed by atoms with Crippen LogP contribution >= 0.6 is 0 Å². The van der Waals surface area contributed by atoms with Crippen molar-refractivity contribution < 1.29 is 26.8 Å². The van der Waals surface area contributed by atoms with E-state index in [2.05, 4.69) is 5.32 Å². The van der Waals surface area contributed by atoms with Crippen LogP contribution in [0.15, 0.2) is 83.8 Å². The normalized spacial score (nSPS) is 12.0. The van der Waals surface area contributed by atoms with E-state index in [0.717, 1.165) is 11.0 Å². The fourth-order valence-corrected chi connectivity index (χ4v) is 5.12. The summed E-state index contributed by atoms with van der Waals surface area (Å²) in [5, 5.41) is 2.70. The van der Waals surface area contributed by atoms with Crippen molar-refractivity contribution >= 4 is 27.5 Å². The lowest BCUT2D eigenvalue weighted by Gasteiger charge is -2.32. The van der Waals surface area contributed by atoms with Gasteiger partial charge in [0.05, 0.1) is 10.6 Å². The van der Waals surface area contributed by atoms with E-state index in [0.29, 0.717) is 17.3 Å². The molecular formula is C27H29F2N3O4S. The number of sulfonamides is 1. The lowest BCUT2D eigenvalue weighted by Crippen LogP contribution is -2.51. The molecule has 0 aromatic heterocycles. The molecule has 196 valence electrons. The van der Waals surface area contributed by atoms with Crippen LogP contribution in [0.25, 0.3) is 0 Å². The summed E-state index contributed by atoms with van der Waals surface area (Å²) in [7, 11) is -4.38. The first kappa shape index (κ1) is 27.8. The van der Waals surface area contributed by atoms with Gasteiger partial charge < -0.3 is 10.2 Å². The number of carbonyl (C=O) groups is 2. The Morgan fingerprint density at radius 1 is 0.892 bits per heavy atom. The number of nitrogens with one attached hydrogen (secondary N) is 1. The molecule has 3 rings (SSSR count). The van der Waals surface area contributed by atoms with Gasteiger partial charge in [-0.1, -0.05) is 55.5 Å². The number of hydrogen-bond acceptors (Lipinski definition) is 4. The molecule has 2 amide bonds. The minimum Gasteiger partial charge on any atom is -0.354 e. The van der Waals surface area contributed by atoms with Gasteiger partial charge in [0.2, 0.25) is 11.8 Å². The third-order valence-corrected chi connectivity index (χ3v) is 7.52. The average molecular weight is 530 g/mol.